The summed E-state index contributed by atoms with van der Waals surface area (Å²) >= 11 is 3.39. The lowest BCUT2D eigenvalue weighted by Gasteiger charge is -2.08. The minimum Gasteiger partial charge on any atom is -0.264 e. The van der Waals surface area contributed by atoms with Gasteiger partial charge in [-0.3, -0.25) is 4.79 Å². The van der Waals surface area contributed by atoms with E-state index in [1.807, 2.05) is 91.0 Å². The fourth-order valence-electron chi connectivity index (χ4n) is 2.83. The van der Waals surface area contributed by atoms with Gasteiger partial charge < -0.3 is 0 Å². The minimum atomic E-state index is -0.474. The van der Waals surface area contributed by atoms with Crippen LogP contribution in [0.2, 0.25) is 0 Å². The highest BCUT2D eigenvalue weighted by atomic mass is 79.9. The first-order valence-corrected chi connectivity index (χ1v) is 10.1. The molecule has 0 spiro atoms. The first-order chi connectivity index (χ1) is 14.7. The highest BCUT2D eigenvalue weighted by Crippen LogP contribution is 2.23. The number of nitrogens with zero attached hydrogens (tertiary/aromatic N) is 3. The van der Waals surface area contributed by atoms with E-state index >= 15 is 0 Å². The molecule has 0 bridgehead atoms. The Balaban J connectivity index is 1.64. The topological polar surface area (TPSA) is 67.2 Å². The maximum Gasteiger partial charge on any atom is 0.309 e. The van der Waals surface area contributed by atoms with E-state index in [0.29, 0.717) is 11.4 Å². The molecule has 0 aliphatic heterocycles. The molecule has 0 saturated carbocycles. The van der Waals surface area contributed by atoms with Crippen LogP contribution in [0.4, 0.5) is 0 Å². The van der Waals surface area contributed by atoms with Crippen molar-refractivity contribution in [3.05, 3.63) is 107 Å². The molecule has 4 rings (SSSR count). The Bertz CT molecular complexity index is 1120. The Morgan fingerprint density at radius 1 is 0.800 bits per heavy atom. The second-order valence-electron chi connectivity index (χ2n) is 6.44. The van der Waals surface area contributed by atoms with Crippen molar-refractivity contribution < 1.29 is 4.79 Å². The van der Waals surface area contributed by atoms with Crippen molar-refractivity contribution in [1.82, 2.24) is 15.4 Å². The normalized spacial score (nSPS) is 10.8. The largest absolute Gasteiger partial charge is 0.309 e. The number of carbonyl (C=O) groups is 1. The molecule has 4 aromatic rings. The quantitative estimate of drug-likeness (QED) is 0.325. The zero-order valence-electron chi connectivity index (χ0n) is 15.9. The fourth-order valence-corrected chi connectivity index (χ4v) is 3.09. The molecule has 0 radical (unpaired) electrons. The monoisotopic (exact) mass is 456 g/mol. The van der Waals surface area contributed by atoms with E-state index in [1.165, 1.54) is 0 Å². The molecule has 0 aliphatic rings. The Hall–Kier alpha value is -3.64. The Labute approximate surface area is 182 Å². The summed E-state index contributed by atoms with van der Waals surface area (Å²) in [7, 11) is 0. The highest BCUT2D eigenvalue weighted by molar-refractivity contribution is 9.10. The van der Waals surface area contributed by atoms with Gasteiger partial charge in [0.1, 0.15) is 0 Å². The summed E-state index contributed by atoms with van der Waals surface area (Å²) in [4.78, 5) is 21.6. The molecule has 6 heteroatoms. The standard InChI is InChI=1S/C24H17BrN4O/c25-20-13-11-17(12-14-20)16-26-29-24(30)23-27-21(18-7-3-1-4-8-18)15-22(28-23)19-9-5-2-6-10-19/h1-16H,(H,29,30)/b26-16+. The van der Waals surface area contributed by atoms with Gasteiger partial charge in [-0.1, -0.05) is 88.7 Å². The molecule has 1 heterocycles. The average Bonchev–Trinajstić information content (AvgIpc) is 2.81. The third-order valence-electron chi connectivity index (χ3n) is 4.32. The summed E-state index contributed by atoms with van der Waals surface area (Å²) in [6, 6.07) is 28.9. The summed E-state index contributed by atoms with van der Waals surface area (Å²) < 4.78 is 0.975. The van der Waals surface area contributed by atoms with E-state index in [4.69, 9.17) is 0 Å². The van der Waals surface area contributed by atoms with Crippen molar-refractivity contribution in [1.29, 1.82) is 0 Å². The number of amides is 1. The second kappa shape index (κ2) is 9.24. The summed E-state index contributed by atoms with van der Waals surface area (Å²) in [5, 5.41) is 4.03. The Morgan fingerprint density at radius 3 is 1.87 bits per heavy atom. The zero-order valence-corrected chi connectivity index (χ0v) is 17.5. The van der Waals surface area contributed by atoms with Crippen molar-refractivity contribution in [2.24, 2.45) is 5.10 Å². The van der Waals surface area contributed by atoms with Gasteiger partial charge >= 0.3 is 5.91 Å². The molecule has 0 saturated heterocycles. The van der Waals surface area contributed by atoms with Gasteiger partial charge in [0.05, 0.1) is 17.6 Å². The van der Waals surface area contributed by atoms with Gasteiger partial charge in [0.25, 0.3) is 0 Å². The van der Waals surface area contributed by atoms with Crippen LogP contribution in [-0.2, 0) is 0 Å². The van der Waals surface area contributed by atoms with Crippen LogP contribution >= 0.6 is 15.9 Å². The van der Waals surface area contributed by atoms with Gasteiger partial charge in [0.15, 0.2) is 0 Å². The molecule has 30 heavy (non-hydrogen) atoms. The summed E-state index contributed by atoms with van der Waals surface area (Å²) in [5.41, 5.74) is 6.54. The van der Waals surface area contributed by atoms with E-state index in [-0.39, 0.29) is 5.82 Å². The number of carbonyl (C=O) groups excluding carboxylic acids is 1. The van der Waals surface area contributed by atoms with Crippen molar-refractivity contribution in [3.63, 3.8) is 0 Å². The van der Waals surface area contributed by atoms with Gasteiger partial charge in [0.2, 0.25) is 5.82 Å². The van der Waals surface area contributed by atoms with Gasteiger partial charge in [-0.05, 0) is 23.8 Å². The minimum absolute atomic E-state index is 0.0585. The van der Waals surface area contributed by atoms with E-state index < -0.39 is 5.91 Å². The molecule has 3 aromatic carbocycles. The van der Waals surface area contributed by atoms with Crippen LogP contribution < -0.4 is 5.43 Å². The predicted octanol–water partition coefficient (Wildman–Crippen LogP) is 5.34. The van der Waals surface area contributed by atoms with E-state index in [1.54, 1.807) is 6.21 Å². The lowest BCUT2D eigenvalue weighted by Crippen LogP contribution is -2.21. The third kappa shape index (κ3) is 4.85. The number of hydrogen-bond donors (Lipinski definition) is 1. The molecular weight excluding hydrogens is 440 g/mol. The van der Waals surface area contributed by atoms with Crippen molar-refractivity contribution in [3.8, 4) is 22.5 Å². The molecule has 146 valence electrons. The van der Waals surface area contributed by atoms with Gasteiger partial charge in [-0.25, -0.2) is 15.4 Å². The van der Waals surface area contributed by atoms with Gasteiger partial charge in [0, 0.05) is 15.6 Å². The van der Waals surface area contributed by atoms with Crippen molar-refractivity contribution >= 4 is 28.1 Å². The molecule has 1 N–H and O–H groups in total. The first-order valence-electron chi connectivity index (χ1n) is 9.28. The van der Waals surface area contributed by atoms with Crippen LogP contribution in [0.5, 0.6) is 0 Å². The Morgan fingerprint density at radius 2 is 1.33 bits per heavy atom. The SMILES string of the molecule is O=C(N/N=C/c1ccc(Br)cc1)c1nc(-c2ccccc2)cc(-c2ccccc2)n1. The smallest absolute Gasteiger partial charge is 0.264 e. The highest BCUT2D eigenvalue weighted by Gasteiger charge is 2.14. The Kier molecular flexibility index (Phi) is 6.06. The summed E-state index contributed by atoms with van der Waals surface area (Å²) in [5.74, 6) is -0.415. The molecule has 0 aliphatic carbocycles. The average molecular weight is 457 g/mol. The maximum absolute atomic E-state index is 12.7. The maximum atomic E-state index is 12.7. The third-order valence-corrected chi connectivity index (χ3v) is 4.85. The van der Waals surface area contributed by atoms with E-state index in [0.717, 1.165) is 21.2 Å². The van der Waals surface area contributed by atoms with Crippen LogP contribution in [0.25, 0.3) is 22.5 Å². The number of nitrogens with one attached hydrogen (secondary N) is 1. The number of benzene rings is 3. The molecule has 5 nitrogen and oxygen atoms in total. The number of halogens is 1. The lowest BCUT2D eigenvalue weighted by molar-refractivity contribution is 0.0945. The number of aromatic nitrogens is 2. The van der Waals surface area contributed by atoms with Crippen molar-refractivity contribution in [2.75, 3.05) is 0 Å². The molecule has 0 unspecified atom stereocenters. The van der Waals surface area contributed by atoms with Crippen molar-refractivity contribution in [2.45, 2.75) is 0 Å². The van der Waals surface area contributed by atoms with Gasteiger partial charge in [-0.15, -0.1) is 0 Å². The number of rotatable bonds is 5. The summed E-state index contributed by atoms with van der Waals surface area (Å²) in [6.45, 7) is 0. The number of hydrogen-bond acceptors (Lipinski definition) is 4. The lowest BCUT2D eigenvalue weighted by atomic mass is 10.1. The van der Waals surface area contributed by atoms with Crippen LogP contribution in [0.1, 0.15) is 16.2 Å². The van der Waals surface area contributed by atoms with Crippen LogP contribution in [-0.4, -0.2) is 22.1 Å². The zero-order chi connectivity index (χ0) is 20.8. The first kappa shape index (κ1) is 19.7. The van der Waals surface area contributed by atoms with E-state index in [2.05, 4.69) is 36.4 Å². The van der Waals surface area contributed by atoms with Crippen LogP contribution in [0.15, 0.2) is 101 Å². The van der Waals surface area contributed by atoms with E-state index in [9.17, 15) is 4.79 Å². The summed E-state index contributed by atoms with van der Waals surface area (Å²) in [6.07, 6.45) is 1.57. The van der Waals surface area contributed by atoms with Gasteiger partial charge in [-0.2, -0.15) is 5.10 Å². The molecule has 1 amide bonds. The number of hydrazone groups is 1. The molecular formula is C24H17BrN4O. The van der Waals surface area contributed by atoms with Crippen LogP contribution in [0, 0.1) is 0 Å². The second-order valence-corrected chi connectivity index (χ2v) is 7.36. The molecule has 1 aromatic heterocycles. The predicted molar refractivity (Wildman–Crippen MR) is 122 cm³/mol. The molecule has 0 atom stereocenters. The molecule has 0 fully saturated rings. The fraction of sp³-hybridized carbons (Fsp3) is 0. The van der Waals surface area contributed by atoms with Crippen LogP contribution in [0.3, 0.4) is 0 Å².